The van der Waals surface area contributed by atoms with Crippen molar-refractivity contribution in [3.63, 3.8) is 0 Å². The van der Waals surface area contributed by atoms with Gasteiger partial charge in [0.05, 0.1) is 6.42 Å². The molecule has 5 heteroatoms. The molecule has 0 saturated heterocycles. The second kappa shape index (κ2) is 4.39. The van der Waals surface area contributed by atoms with Crippen LogP contribution in [0.25, 0.3) is 10.9 Å². The number of hydrogen-bond acceptors (Lipinski definition) is 3. The highest BCUT2D eigenvalue weighted by Crippen LogP contribution is 2.15. The van der Waals surface area contributed by atoms with Gasteiger partial charge < -0.3 is 15.8 Å². The number of H-pyrrole nitrogens is 1. The van der Waals surface area contributed by atoms with E-state index in [4.69, 9.17) is 10.8 Å². The third kappa shape index (κ3) is 2.34. The van der Waals surface area contributed by atoms with Gasteiger partial charge in [-0.15, -0.1) is 0 Å². The Kier molecular flexibility index (Phi) is 2.93. The molecular weight excluding hydrogens is 220 g/mol. The predicted molar refractivity (Wildman–Crippen MR) is 63.7 cm³/mol. The summed E-state index contributed by atoms with van der Waals surface area (Å²) in [6.07, 6.45) is -0.262. The maximum Gasteiger partial charge on any atom is 0.305 e. The summed E-state index contributed by atoms with van der Waals surface area (Å²) in [6.45, 7) is 0. The minimum Gasteiger partial charge on any atom is -0.481 e. The molecule has 0 amide bonds. The van der Waals surface area contributed by atoms with E-state index in [0.29, 0.717) is 11.1 Å². The molecule has 1 aromatic heterocycles. The third-order valence-corrected chi connectivity index (χ3v) is 2.58. The molecule has 2 rings (SSSR count). The predicted octanol–water partition coefficient (Wildman–Crippen LogP) is 1.00. The molecule has 1 heterocycles. The summed E-state index contributed by atoms with van der Waals surface area (Å²) in [4.78, 5) is 25.0. The topological polar surface area (TPSA) is 96.2 Å². The molecule has 0 aliphatic carbocycles. The fourth-order valence-corrected chi connectivity index (χ4v) is 1.74. The standard InChI is InChI=1S/C12H12N2O3/c13-9(6-11(15)16)8-5-7-3-1-2-4-10(7)14-12(8)17/h1-5,9H,6,13H2,(H,14,17)(H,15,16). The maximum atomic E-state index is 11.7. The zero-order chi connectivity index (χ0) is 12.4. The molecule has 88 valence electrons. The van der Waals surface area contributed by atoms with Gasteiger partial charge in [-0.2, -0.15) is 0 Å². The Morgan fingerprint density at radius 2 is 2.12 bits per heavy atom. The number of carboxylic acids is 1. The molecule has 1 unspecified atom stereocenters. The van der Waals surface area contributed by atoms with Gasteiger partial charge in [0.25, 0.3) is 5.56 Å². The fourth-order valence-electron chi connectivity index (χ4n) is 1.74. The molecule has 0 spiro atoms. The summed E-state index contributed by atoms with van der Waals surface area (Å²) in [6, 6.07) is 8.12. The van der Waals surface area contributed by atoms with Crippen LogP contribution in [-0.4, -0.2) is 16.1 Å². The van der Waals surface area contributed by atoms with E-state index in [1.54, 1.807) is 12.1 Å². The fraction of sp³-hybridized carbons (Fsp3) is 0.167. The molecule has 0 saturated carbocycles. The molecule has 0 aliphatic heterocycles. The second-order valence-electron chi connectivity index (χ2n) is 3.85. The number of aromatic nitrogens is 1. The number of fused-ring (bicyclic) bond motifs is 1. The van der Waals surface area contributed by atoms with Gasteiger partial charge in [0.2, 0.25) is 0 Å². The minimum absolute atomic E-state index is 0.262. The Morgan fingerprint density at radius 1 is 1.41 bits per heavy atom. The van der Waals surface area contributed by atoms with Crippen molar-refractivity contribution in [3.05, 3.63) is 46.2 Å². The number of hydrogen-bond donors (Lipinski definition) is 3. The summed E-state index contributed by atoms with van der Waals surface area (Å²) in [7, 11) is 0. The molecule has 1 atom stereocenters. The lowest BCUT2D eigenvalue weighted by Gasteiger charge is -2.09. The number of aliphatic carboxylic acids is 1. The van der Waals surface area contributed by atoms with Gasteiger partial charge in [-0.05, 0) is 17.5 Å². The van der Waals surface area contributed by atoms with Crippen LogP contribution in [0.5, 0.6) is 0 Å². The lowest BCUT2D eigenvalue weighted by molar-refractivity contribution is -0.137. The normalized spacial score (nSPS) is 12.5. The number of para-hydroxylation sites is 1. The summed E-state index contributed by atoms with van der Waals surface area (Å²) in [5, 5.41) is 9.49. The average molecular weight is 232 g/mol. The Bertz CT molecular complexity index is 618. The number of carbonyl (C=O) groups is 1. The van der Waals surface area contributed by atoms with Crippen molar-refractivity contribution < 1.29 is 9.90 Å². The van der Waals surface area contributed by atoms with Gasteiger partial charge in [0.15, 0.2) is 0 Å². The molecule has 0 bridgehead atoms. The molecule has 0 aliphatic rings. The monoisotopic (exact) mass is 232 g/mol. The van der Waals surface area contributed by atoms with Gasteiger partial charge in [-0.3, -0.25) is 9.59 Å². The quantitative estimate of drug-likeness (QED) is 0.735. The van der Waals surface area contributed by atoms with Crippen molar-refractivity contribution in [1.82, 2.24) is 4.98 Å². The van der Waals surface area contributed by atoms with Crippen LogP contribution in [0.15, 0.2) is 35.1 Å². The SMILES string of the molecule is NC(CC(=O)O)c1cc2ccccc2[nH]c1=O. The van der Waals surface area contributed by atoms with Crippen molar-refractivity contribution in [3.8, 4) is 0 Å². The molecule has 17 heavy (non-hydrogen) atoms. The van der Waals surface area contributed by atoms with Crippen LogP contribution < -0.4 is 11.3 Å². The van der Waals surface area contributed by atoms with Gasteiger partial charge in [0.1, 0.15) is 0 Å². The molecule has 0 fully saturated rings. The number of rotatable bonds is 3. The molecule has 2 aromatic rings. The number of aromatic amines is 1. The number of pyridine rings is 1. The molecular formula is C12H12N2O3. The van der Waals surface area contributed by atoms with Crippen LogP contribution in [0.1, 0.15) is 18.0 Å². The lowest BCUT2D eigenvalue weighted by atomic mass is 10.0. The van der Waals surface area contributed by atoms with E-state index >= 15 is 0 Å². The Morgan fingerprint density at radius 3 is 2.82 bits per heavy atom. The summed E-state index contributed by atoms with van der Waals surface area (Å²) < 4.78 is 0. The number of benzene rings is 1. The molecule has 1 aromatic carbocycles. The van der Waals surface area contributed by atoms with Crippen molar-refractivity contribution in [1.29, 1.82) is 0 Å². The van der Waals surface area contributed by atoms with E-state index in [1.165, 1.54) is 0 Å². The van der Waals surface area contributed by atoms with Crippen LogP contribution in [0.3, 0.4) is 0 Å². The van der Waals surface area contributed by atoms with Crippen molar-refractivity contribution in [2.75, 3.05) is 0 Å². The highest BCUT2D eigenvalue weighted by molar-refractivity contribution is 5.79. The number of carboxylic acid groups (broad SMARTS) is 1. The Balaban J connectivity index is 2.51. The van der Waals surface area contributed by atoms with Gasteiger partial charge in [-0.25, -0.2) is 0 Å². The first-order chi connectivity index (χ1) is 8.08. The Hall–Kier alpha value is -2.14. The van der Waals surface area contributed by atoms with Crippen molar-refractivity contribution >= 4 is 16.9 Å². The first kappa shape index (κ1) is 11.3. The van der Waals surface area contributed by atoms with E-state index < -0.39 is 12.0 Å². The molecule has 5 nitrogen and oxygen atoms in total. The lowest BCUT2D eigenvalue weighted by Crippen LogP contribution is -2.23. The smallest absolute Gasteiger partial charge is 0.305 e. The van der Waals surface area contributed by atoms with Crippen LogP contribution >= 0.6 is 0 Å². The van der Waals surface area contributed by atoms with Crippen LogP contribution in [0.4, 0.5) is 0 Å². The number of nitrogens with two attached hydrogens (primary N) is 1. The zero-order valence-corrected chi connectivity index (χ0v) is 9.01. The van der Waals surface area contributed by atoms with Crippen LogP contribution in [-0.2, 0) is 4.79 Å². The summed E-state index contributed by atoms with van der Waals surface area (Å²) in [5.41, 5.74) is 6.36. The first-order valence-electron chi connectivity index (χ1n) is 5.17. The largest absolute Gasteiger partial charge is 0.481 e. The summed E-state index contributed by atoms with van der Waals surface area (Å²) >= 11 is 0. The zero-order valence-electron chi connectivity index (χ0n) is 9.01. The van der Waals surface area contributed by atoms with Gasteiger partial charge in [-0.1, -0.05) is 18.2 Å². The molecule has 0 radical (unpaired) electrons. The second-order valence-corrected chi connectivity index (χ2v) is 3.85. The Labute approximate surface area is 96.9 Å². The van der Waals surface area contributed by atoms with Crippen molar-refractivity contribution in [2.24, 2.45) is 5.73 Å². The van der Waals surface area contributed by atoms with Crippen LogP contribution in [0.2, 0.25) is 0 Å². The van der Waals surface area contributed by atoms with E-state index in [0.717, 1.165) is 5.39 Å². The van der Waals surface area contributed by atoms with E-state index in [2.05, 4.69) is 4.98 Å². The van der Waals surface area contributed by atoms with E-state index in [-0.39, 0.29) is 12.0 Å². The van der Waals surface area contributed by atoms with E-state index in [9.17, 15) is 9.59 Å². The highest BCUT2D eigenvalue weighted by Gasteiger charge is 2.14. The first-order valence-corrected chi connectivity index (χ1v) is 5.17. The third-order valence-electron chi connectivity index (χ3n) is 2.58. The minimum atomic E-state index is -1.02. The van der Waals surface area contributed by atoms with Gasteiger partial charge >= 0.3 is 5.97 Å². The van der Waals surface area contributed by atoms with E-state index in [1.807, 2.05) is 18.2 Å². The maximum absolute atomic E-state index is 11.7. The van der Waals surface area contributed by atoms with Crippen LogP contribution in [0, 0.1) is 0 Å². The number of nitrogens with one attached hydrogen (secondary N) is 1. The molecule has 4 N–H and O–H groups in total. The summed E-state index contributed by atoms with van der Waals surface area (Å²) in [5.74, 6) is -1.02. The average Bonchev–Trinajstić information content (AvgIpc) is 2.27. The highest BCUT2D eigenvalue weighted by atomic mass is 16.4. The van der Waals surface area contributed by atoms with Crippen molar-refractivity contribution in [2.45, 2.75) is 12.5 Å². The van der Waals surface area contributed by atoms with Gasteiger partial charge in [0, 0.05) is 17.1 Å².